The molecule has 2 amide bonds. The maximum Gasteiger partial charge on any atom is 0.325 e. The van der Waals surface area contributed by atoms with Gasteiger partial charge in [-0.05, 0) is 26.0 Å². The van der Waals surface area contributed by atoms with Gasteiger partial charge >= 0.3 is 5.97 Å². The van der Waals surface area contributed by atoms with E-state index in [1.807, 2.05) is 0 Å². The molecule has 13 nitrogen and oxygen atoms in total. The Morgan fingerprint density at radius 2 is 1.97 bits per heavy atom. The van der Waals surface area contributed by atoms with Gasteiger partial charge < -0.3 is 20.1 Å². The van der Waals surface area contributed by atoms with E-state index in [2.05, 4.69) is 5.32 Å². The lowest BCUT2D eigenvalue weighted by Crippen LogP contribution is -2.61. The molecule has 0 unspecified atom stereocenters. The highest BCUT2D eigenvalue weighted by Crippen LogP contribution is 2.35. The normalized spacial score (nSPS) is 24.6. The topological polar surface area (TPSA) is 176 Å². The van der Waals surface area contributed by atoms with E-state index in [4.69, 9.17) is 9.84 Å². The quantitative estimate of drug-likeness (QED) is 0.390. The molecule has 14 heteroatoms. The highest BCUT2D eigenvalue weighted by atomic mass is 32.2. The Bertz CT molecular complexity index is 1030. The maximum absolute atomic E-state index is 13.1. The zero-order valence-electron chi connectivity index (χ0n) is 16.5. The minimum absolute atomic E-state index is 0.235. The number of non-ortho nitro benzene ring substituents is 1. The number of amides is 2. The number of nitro benzene ring substituents is 1. The van der Waals surface area contributed by atoms with E-state index in [1.54, 1.807) is 0 Å². The van der Waals surface area contributed by atoms with Crippen molar-refractivity contribution in [2.75, 3.05) is 13.1 Å². The lowest BCUT2D eigenvalue weighted by Gasteiger charge is -2.37. The van der Waals surface area contributed by atoms with Crippen LogP contribution in [0.3, 0.4) is 0 Å². The first-order chi connectivity index (χ1) is 14.4. The number of nitro groups is 1. The first-order valence-corrected chi connectivity index (χ1v) is 10.6. The van der Waals surface area contributed by atoms with Crippen molar-refractivity contribution in [3.05, 3.63) is 34.4 Å². The Kier molecular flexibility index (Phi) is 5.98. The summed E-state index contributed by atoms with van der Waals surface area (Å²) < 4.78 is 32.8. The van der Waals surface area contributed by atoms with Crippen LogP contribution in [0.25, 0.3) is 0 Å². The molecule has 0 radical (unpaired) electrons. The molecular weight excluding hydrogens is 436 g/mol. The lowest BCUT2D eigenvalue weighted by molar-refractivity contribution is -0.384. The molecule has 2 aliphatic rings. The second-order valence-corrected chi connectivity index (χ2v) is 9.02. The fraction of sp³-hybridized carbons (Fsp3) is 0.471. The number of carbonyl (C=O) groups excluding carboxylic acids is 2. The lowest BCUT2D eigenvalue weighted by atomic mass is 10.1. The van der Waals surface area contributed by atoms with Crippen molar-refractivity contribution < 1.29 is 37.6 Å². The monoisotopic (exact) mass is 456 g/mol. The van der Waals surface area contributed by atoms with Gasteiger partial charge in [-0.1, -0.05) is 0 Å². The molecular formula is C17H20N4O9S. The van der Waals surface area contributed by atoms with Gasteiger partial charge in [-0.15, -0.1) is 0 Å². The number of sulfonamides is 1. The molecule has 168 valence electrons. The van der Waals surface area contributed by atoms with E-state index in [0.717, 1.165) is 33.5 Å². The van der Waals surface area contributed by atoms with Crippen LogP contribution in [0.2, 0.25) is 0 Å². The summed E-state index contributed by atoms with van der Waals surface area (Å²) in [6, 6.07) is 1.86. The number of ether oxygens (including phenoxy) is 1. The fourth-order valence-corrected chi connectivity index (χ4v) is 5.21. The van der Waals surface area contributed by atoms with Crippen molar-refractivity contribution in [2.24, 2.45) is 0 Å². The van der Waals surface area contributed by atoms with Crippen LogP contribution in [0.15, 0.2) is 29.2 Å². The second-order valence-electron chi connectivity index (χ2n) is 7.17. The Hall–Kier alpha value is -3.10. The SMILES string of the molecule is C[C@H](NC(=O)CN1C[C@@H]2O[C@H](C)[C@@H](C1=O)N2S(=O)(=O)c1ccc([N+](=O)[O-])cc1)C(=O)O. The number of nitrogens with zero attached hydrogens (tertiary/aromatic N) is 3. The van der Waals surface area contributed by atoms with Gasteiger partial charge in [0.15, 0.2) is 0 Å². The summed E-state index contributed by atoms with van der Waals surface area (Å²) in [4.78, 5) is 46.9. The molecule has 0 aromatic heterocycles. The summed E-state index contributed by atoms with van der Waals surface area (Å²) in [5.74, 6) is -2.61. The van der Waals surface area contributed by atoms with Crippen LogP contribution in [0.1, 0.15) is 13.8 Å². The predicted octanol–water partition coefficient (Wildman–Crippen LogP) is -0.870. The zero-order chi connectivity index (χ0) is 23.1. The molecule has 31 heavy (non-hydrogen) atoms. The number of hydrogen-bond donors (Lipinski definition) is 2. The number of aliphatic carboxylic acids is 1. The van der Waals surface area contributed by atoms with E-state index >= 15 is 0 Å². The van der Waals surface area contributed by atoms with Crippen molar-refractivity contribution in [2.45, 2.75) is 43.2 Å². The number of fused-ring (bicyclic) bond motifs is 2. The van der Waals surface area contributed by atoms with E-state index in [1.165, 1.54) is 13.8 Å². The minimum atomic E-state index is -4.23. The summed E-state index contributed by atoms with van der Waals surface area (Å²) in [7, 11) is -4.23. The van der Waals surface area contributed by atoms with E-state index in [-0.39, 0.29) is 17.1 Å². The summed E-state index contributed by atoms with van der Waals surface area (Å²) in [5, 5.41) is 21.9. The van der Waals surface area contributed by atoms with Gasteiger partial charge in [0.25, 0.3) is 5.69 Å². The first kappa shape index (κ1) is 22.6. The van der Waals surface area contributed by atoms with E-state index in [0.29, 0.717) is 0 Å². The molecule has 1 aromatic rings. The van der Waals surface area contributed by atoms with Crippen molar-refractivity contribution in [1.82, 2.24) is 14.5 Å². The number of carboxylic acid groups (broad SMARTS) is 1. The van der Waals surface area contributed by atoms with Crippen LogP contribution in [0.4, 0.5) is 5.69 Å². The van der Waals surface area contributed by atoms with Crippen LogP contribution in [0, 0.1) is 10.1 Å². The second kappa shape index (κ2) is 8.20. The number of carboxylic acids is 1. The minimum Gasteiger partial charge on any atom is -0.480 e. The number of nitrogens with one attached hydrogen (secondary N) is 1. The Morgan fingerprint density at radius 3 is 2.52 bits per heavy atom. The molecule has 2 N–H and O–H groups in total. The fourth-order valence-electron chi connectivity index (χ4n) is 3.50. The van der Waals surface area contributed by atoms with Crippen molar-refractivity contribution in [1.29, 1.82) is 0 Å². The third kappa shape index (κ3) is 4.22. The maximum atomic E-state index is 13.1. The number of piperazine rings is 1. The Morgan fingerprint density at radius 1 is 1.35 bits per heavy atom. The number of benzene rings is 1. The van der Waals surface area contributed by atoms with Crippen molar-refractivity contribution in [3.8, 4) is 0 Å². The van der Waals surface area contributed by atoms with Crippen LogP contribution in [-0.2, 0) is 29.1 Å². The van der Waals surface area contributed by atoms with Crippen LogP contribution < -0.4 is 5.32 Å². The van der Waals surface area contributed by atoms with Crippen molar-refractivity contribution in [3.63, 3.8) is 0 Å². The first-order valence-electron chi connectivity index (χ1n) is 9.18. The molecule has 2 fully saturated rings. The largest absolute Gasteiger partial charge is 0.480 e. The Balaban J connectivity index is 1.81. The summed E-state index contributed by atoms with van der Waals surface area (Å²) in [6.07, 6.45) is -1.86. The van der Waals surface area contributed by atoms with Crippen LogP contribution >= 0.6 is 0 Å². The standard InChI is InChI=1S/C17H20N4O9S/c1-9(17(24)25)18-13(22)7-19-8-14-20(15(16(19)23)10(2)30-14)31(28,29)12-5-3-11(4-6-12)21(26)27/h3-6,9-10,14-15H,7-8H2,1-2H3,(H,18,22)(H,24,25)/t9-,10+,14-,15-/m0/s1. The average Bonchev–Trinajstić information content (AvgIpc) is 2.97. The summed E-state index contributed by atoms with van der Waals surface area (Å²) in [6.45, 7) is 2.11. The highest BCUT2D eigenvalue weighted by Gasteiger charge is 2.56. The van der Waals surface area contributed by atoms with Gasteiger partial charge in [-0.25, -0.2) is 8.42 Å². The van der Waals surface area contributed by atoms with Crippen LogP contribution in [0.5, 0.6) is 0 Å². The predicted molar refractivity (Wildman–Crippen MR) is 102 cm³/mol. The number of carbonyl (C=O) groups is 3. The summed E-state index contributed by atoms with van der Waals surface area (Å²) in [5.41, 5.74) is -0.283. The molecule has 0 saturated carbocycles. The zero-order valence-corrected chi connectivity index (χ0v) is 17.3. The number of hydrogen-bond acceptors (Lipinski definition) is 8. The van der Waals surface area contributed by atoms with Crippen LogP contribution in [-0.4, -0.2) is 82.9 Å². The van der Waals surface area contributed by atoms with Gasteiger partial charge in [0.05, 0.1) is 29.0 Å². The molecule has 2 aliphatic heterocycles. The van der Waals surface area contributed by atoms with Gasteiger partial charge in [0.2, 0.25) is 21.8 Å². The van der Waals surface area contributed by atoms with E-state index in [9.17, 15) is 32.9 Å². The molecule has 3 rings (SSSR count). The summed E-state index contributed by atoms with van der Waals surface area (Å²) >= 11 is 0. The van der Waals surface area contributed by atoms with E-state index < -0.39 is 63.7 Å². The third-order valence-corrected chi connectivity index (χ3v) is 6.91. The average molecular weight is 456 g/mol. The molecule has 0 spiro atoms. The van der Waals surface area contributed by atoms with Crippen molar-refractivity contribution >= 4 is 33.5 Å². The molecule has 2 bridgehead atoms. The third-order valence-electron chi connectivity index (χ3n) is 5.02. The molecule has 4 atom stereocenters. The number of rotatable bonds is 7. The van der Waals surface area contributed by atoms with Gasteiger partial charge in [0.1, 0.15) is 18.3 Å². The highest BCUT2D eigenvalue weighted by molar-refractivity contribution is 7.89. The molecule has 0 aliphatic carbocycles. The van der Waals surface area contributed by atoms with Gasteiger partial charge in [-0.2, -0.15) is 4.31 Å². The Labute approximate surface area is 176 Å². The molecule has 2 saturated heterocycles. The smallest absolute Gasteiger partial charge is 0.325 e. The molecule has 2 heterocycles. The molecule has 1 aromatic carbocycles. The van der Waals surface area contributed by atoms with Gasteiger partial charge in [-0.3, -0.25) is 24.5 Å². The van der Waals surface area contributed by atoms with Gasteiger partial charge in [0, 0.05) is 12.1 Å².